The van der Waals surface area contributed by atoms with Crippen molar-refractivity contribution in [1.29, 1.82) is 0 Å². The number of nitrogens with one attached hydrogen (secondary N) is 1. The monoisotopic (exact) mass is 501 g/mol. The molecule has 1 amide bonds. The number of hydrogen-bond donors (Lipinski definition) is 3. The Bertz CT molecular complexity index is 601. The third-order valence-corrected chi connectivity index (χ3v) is 1.99. The minimum atomic E-state index is -1.17. The van der Waals surface area contributed by atoms with Crippen molar-refractivity contribution < 1.29 is 57.9 Å². The molecule has 0 heterocycles. The van der Waals surface area contributed by atoms with E-state index in [1.54, 1.807) is 6.92 Å². The largest absolute Gasteiger partial charge is 0.481 e. The molecule has 13 nitrogen and oxygen atoms in total. The lowest BCUT2D eigenvalue weighted by atomic mass is 10.4. The molecule has 0 aliphatic heterocycles. The second-order valence-corrected chi connectivity index (χ2v) is 4.38. The molecule has 0 spiro atoms. The van der Waals surface area contributed by atoms with E-state index in [0.29, 0.717) is 5.57 Å². The van der Waals surface area contributed by atoms with Gasteiger partial charge in [0.15, 0.2) is 0 Å². The highest BCUT2D eigenvalue weighted by Crippen LogP contribution is 1.87. The number of esters is 3. The normalized spacial score (nSPS) is 6.85. The van der Waals surface area contributed by atoms with Gasteiger partial charge in [0.25, 0.3) is 0 Å². The van der Waals surface area contributed by atoms with Gasteiger partial charge in [-0.1, -0.05) is 42.9 Å². The van der Waals surface area contributed by atoms with E-state index in [-0.39, 0.29) is 35.7 Å². The second-order valence-electron chi connectivity index (χ2n) is 4.38. The molecule has 0 atom stereocenters. The Balaban J connectivity index is -0.0000000429. The van der Waals surface area contributed by atoms with Crippen LogP contribution in [0.15, 0.2) is 24.8 Å². The lowest BCUT2D eigenvalue weighted by molar-refractivity contribution is -0.149. The first-order chi connectivity index (χ1) is 13.8. The SMILES string of the molecule is C.C.C.C.C=C(C)C(=O)OC.C=CC(=O)OC.COC(=O)CC(=O)O.COC(=O)NCC(=O)O. The van der Waals surface area contributed by atoms with Crippen LogP contribution in [0, 0.1) is 0 Å². The summed E-state index contributed by atoms with van der Waals surface area (Å²) in [6.45, 7) is 7.70. The zero-order valence-electron chi connectivity index (χ0n) is 17.4. The smallest absolute Gasteiger partial charge is 0.407 e. The van der Waals surface area contributed by atoms with E-state index in [1.165, 1.54) is 14.2 Å². The maximum Gasteiger partial charge on any atom is 0.407 e. The summed E-state index contributed by atoms with van der Waals surface area (Å²) in [6, 6.07) is 0. The molecule has 34 heavy (non-hydrogen) atoms. The van der Waals surface area contributed by atoms with E-state index in [2.05, 4.69) is 32.1 Å². The van der Waals surface area contributed by atoms with Crippen molar-refractivity contribution in [2.45, 2.75) is 43.1 Å². The lowest BCUT2D eigenvalue weighted by Crippen LogP contribution is -2.28. The summed E-state index contributed by atoms with van der Waals surface area (Å²) in [5, 5.41) is 17.9. The van der Waals surface area contributed by atoms with E-state index in [9.17, 15) is 28.8 Å². The average Bonchev–Trinajstić information content (AvgIpc) is 2.71. The molecular formula is C21H43NO12. The Labute approximate surface area is 202 Å². The molecule has 0 aromatic heterocycles. The number of ether oxygens (including phenoxy) is 4. The number of alkyl carbamates (subject to hydrolysis) is 1. The van der Waals surface area contributed by atoms with Crippen LogP contribution < -0.4 is 5.32 Å². The Morgan fingerprint density at radius 3 is 1.35 bits per heavy atom. The van der Waals surface area contributed by atoms with Crippen LogP contribution in [0.2, 0.25) is 0 Å². The molecule has 0 aliphatic carbocycles. The maximum atomic E-state index is 10.2. The summed E-state index contributed by atoms with van der Waals surface area (Å²) in [6.07, 6.45) is -0.186. The molecular weight excluding hydrogens is 458 g/mol. The van der Waals surface area contributed by atoms with Gasteiger partial charge in [-0.25, -0.2) is 14.4 Å². The molecule has 204 valence electrons. The number of methoxy groups -OCH3 is 4. The van der Waals surface area contributed by atoms with Gasteiger partial charge in [-0.3, -0.25) is 14.4 Å². The third kappa shape index (κ3) is 56.6. The van der Waals surface area contributed by atoms with Gasteiger partial charge in [-0.15, -0.1) is 0 Å². The van der Waals surface area contributed by atoms with Crippen molar-refractivity contribution >= 4 is 35.9 Å². The first kappa shape index (κ1) is 52.2. The van der Waals surface area contributed by atoms with Crippen molar-refractivity contribution in [1.82, 2.24) is 5.32 Å². The van der Waals surface area contributed by atoms with Crippen LogP contribution in [0.1, 0.15) is 43.1 Å². The third-order valence-electron chi connectivity index (χ3n) is 1.99. The zero-order chi connectivity index (χ0) is 24.7. The number of hydrogen-bond acceptors (Lipinski definition) is 10. The number of rotatable bonds is 6. The fraction of sp³-hybridized carbons (Fsp3) is 0.524. The molecule has 0 aromatic rings. The molecule has 0 unspecified atom stereocenters. The first-order valence-electron chi connectivity index (χ1n) is 7.59. The quantitative estimate of drug-likeness (QED) is 0.209. The van der Waals surface area contributed by atoms with Crippen molar-refractivity contribution in [2.24, 2.45) is 0 Å². The lowest BCUT2D eigenvalue weighted by Gasteiger charge is -1.96. The number of aliphatic carboxylic acids is 2. The van der Waals surface area contributed by atoms with Crippen LogP contribution in [-0.2, 0) is 42.9 Å². The summed E-state index contributed by atoms with van der Waals surface area (Å²) >= 11 is 0. The highest BCUT2D eigenvalue weighted by Gasteiger charge is 2.04. The number of carboxylic acid groups (broad SMARTS) is 2. The summed E-state index contributed by atoms with van der Waals surface area (Å²) in [7, 11) is 4.95. The van der Waals surface area contributed by atoms with Gasteiger partial charge in [0.2, 0.25) is 0 Å². The molecule has 0 bridgehead atoms. The molecule has 0 radical (unpaired) electrons. The fourth-order valence-electron chi connectivity index (χ4n) is 0.673. The van der Waals surface area contributed by atoms with Crippen molar-refractivity contribution in [3.8, 4) is 0 Å². The zero-order valence-corrected chi connectivity index (χ0v) is 17.4. The summed E-state index contributed by atoms with van der Waals surface area (Å²) < 4.78 is 16.5. The molecule has 0 saturated heterocycles. The average molecular weight is 502 g/mol. The standard InChI is InChI=1S/C5H8O2.C4H7NO4.C4H6O4.C4H6O2.4CH4/c1-4(2)5(6)7-3;1-9-4(8)5-2-3(6)7;1-8-4(7)2-3(5)6;1-3-4(5)6-2;;;;/h1H2,2-3H3;2H2,1H3,(H,5,8)(H,6,7);2H2,1H3,(H,5,6);3H,1H2,2H3;4*1H4. The minimum Gasteiger partial charge on any atom is -0.481 e. The van der Waals surface area contributed by atoms with Gasteiger partial charge in [0.05, 0.1) is 28.4 Å². The van der Waals surface area contributed by atoms with Crippen LogP contribution in [0.25, 0.3) is 0 Å². The number of carbonyl (C=O) groups excluding carboxylic acids is 4. The van der Waals surface area contributed by atoms with Crippen LogP contribution >= 0.6 is 0 Å². The molecule has 3 N–H and O–H groups in total. The number of amides is 1. The van der Waals surface area contributed by atoms with Gasteiger partial charge in [-0.05, 0) is 6.92 Å². The predicted octanol–water partition coefficient (Wildman–Crippen LogP) is 2.69. The Morgan fingerprint density at radius 1 is 0.794 bits per heavy atom. The Kier molecular flexibility index (Phi) is 56.0. The maximum absolute atomic E-state index is 10.2. The predicted molar refractivity (Wildman–Crippen MR) is 128 cm³/mol. The molecule has 13 heteroatoms. The highest BCUT2D eigenvalue weighted by atomic mass is 16.5. The second kappa shape index (κ2) is 36.5. The summed E-state index contributed by atoms with van der Waals surface area (Å²) in [5.41, 5.74) is 0.433. The molecule has 0 aliphatic rings. The summed E-state index contributed by atoms with van der Waals surface area (Å²) in [5.74, 6) is -3.73. The molecule has 0 saturated carbocycles. The summed E-state index contributed by atoms with van der Waals surface area (Å²) in [4.78, 5) is 59.6. The van der Waals surface area contributed by atoms with Crippen LogP contribution in [0.3, 0.4) is 0 Å². The van der Waals surface area contributed by atoms with Gasteiger partial charge in [0.1, 0.15) is 13.0 Å². The van der Waals surface area contributed by atoms with E-state index in [4.69, 9.17) is 10.2 Å². The van der Waals surface area contributed by atoms with Crippen molar-refractivity contribution in [3.63, 3.8) is 0 Å². The van der Waals surface area contributed by atoms with Crippen LogP contribution in [-0.4, -0.2) is 81.1 Å². The van der Waals surface area contributed by atoms with E-state index in [1.807, 2.05) is 5.32 Å². The highest BCUT2D eigenvalue weighted by molar-refractivity contribution is 5.90. The molecule has 0 rings (SSSR count). The van der Waals surface area contributed by atoms with Gasteiger partial charge < -0.3 is 34.5 Å². The van der Waals surface area contributed by atoms with E-state index >= 15 is 0 Å². The van der Waals surface area contributed by atoms with Gasteiger partial charge >= 0.3 is 35.9 Å². The van der Waals surface area contributed by atoms with E-state index in [0.717, 1.165) is 20.3 Å². The van der Waals surface area contributed by atoms with Gasteiger partial charge in [0, 0.05) is 11.6 Å². The molecule has 0 aromatic carbocycles. The topological polar surface area (TPSA) is 192 Å². The van der Waals surface area contributed by atoms with Crippen molar-refractivity contribution in [2.75, 3.05) is 35.0 Å². The van der Waals surface area contributed by atoms with Crippen molar-refractivity contribution in [3.05, 3.63) is 24.8 Å². The van der Waals surface area contributed by atoms with Gasteiger partial charge in [-0.2, -0.15) is 0 Å². The Morgan fingerprint density at radius 2 is 1.24 bits per heavy atom. The number of carboxylic acids is 2. The molecule has 0 fully saturated rings. The van der Waals surface area contributed by atoms with Crippen LogP contribution in [0.5, 0.6) is 0 Å². The van der Waals surface area contributed by atoms with Crippen LogP contribution in [0.4, 0.5) is 4.79 Å². The minimum absolute atomic E-state index is 0. The fourth-order valence-corrected chi connectivity index (χ4v) is 0.673. The Hall–Kier alpha value is -3.90. The van der Waals surface area contributed by atoms with E-state index < -0.39 is 42.9 Å². The number of carbonyl (C=O) groups is 6. The first-order valence-corrected chi connectivity index (χ1v) is 7.59.